The number of nitrogens with one attached hydrogen (secondary N) is 2. The smallest absolute Gasteiger partial charge is 0.232 e. The van der Waals surface area contributed by atoms with Crippen molar-refractivity contribution in [3.05, 3.63) is 69.2 Å². The summed E-state index contributed by atoms with van der Waals surface area (Å²) in [5, 5.41) is 43.4. The zero-order valence-corrected chi connectivity index (χ0v) is 22.7. The van der Waals surface area contributed by atoms with Crippen LogP contribution in [0.4, 0.5) is 10.3 Å². The minimum absolute atomic E-state index is 0.0264. The first-order valence-electron chi connectivity index (χ1n) is 12.5. The van der Waals surface area contributed by atoms with Crippen LogP contribution in [0.2, 0.25) is 0 Å². The fourth-order valence-corrected chi connectivity index (χ4v) is 6.34. The Morgan fingerprint density at radius 3 is 1.73 bits per heavy atom. The summed E-state index contributed by atoms with van der Waals surface area (Å²) < 4.78 is 0. The van der Waals surface area contributed by atoms with E-state index in [1.165, 1.54) is 22.7 Å². The van der Waals surface area contributed by atoms with Crippen molar-refractivity contribution in [3.63, 3.8) is 0 Å². The number of nitriles is 2. The predicted octanol–water partition coefficient (Wildman–Crippen LogP) is 3.73. The molecule has 0 spiro atoms. The van der Waals surface area contributed by atoms with Gasteiger partial charge in [0.25, 0.3) is 0 Å². The van der Waals surface area contributed by atoms with E-state index in [4.69, 9.17) is 0 Å². The van der Waals surface area contributed by atoms with Crippen molar-refractivity contribution in [2.75, 3.05) is 10.6 Å². The molecule has 1 fully saturated rings. The third-order valence-corrected chi connectivity index (χ3v) is 8.43. The molecule has 1 saturated carbocycles. The van der Waals surface area contributed by atoms with Gasteiger partial charge in [-0.3, -0.25) is 19.6 Å². The molecule has 12 nitrogen and oxygen atoms in total. The summed E-state index contributed by atoms with van der Waals surface area (Å²) in [5.41, 5.74) is 1.56. The summed E-state index contributed by atoms with van der Waals surface area (Å²) in [5.74, 6) is -0.290. The van der Waals surface area contributed by atoms with Crippen molar-refractivity contribution in [2.24, 2.45) is 0 Å². The average molecular weight is 571 g/mol. The third kappa shape index (κ3) is 6.48. The summed E-state index contributed by atoms with van der Waals surface area (Å²) in [7, 11) is 0. The minimum Gasteiger partial charge on any atom is -0.300 e. The van der Waals surface area contributed by atoms with Gasteiger partial charge in [-0.15, -0.1) is 20.4 Å². The van der Waals surface area contributed by atoms with Crippen molar-refractivity contribution in [1.29, 1.82) is 10.5 Å². The lowest BCUT2D eigenvalue weighted by atomic mass is 9.82. The zero-order chi connectivity index (χ0) is 27.9. The highest BCUT2D eigenvalue weighted by Gasteiger charge is 2.29. The first kappa shape index (κ1) is 26.9. The molecule has 0 unspecified atom stereocenters. The van der Waals surface area contributed by atoms with E-state index in [1.54, 1.807) is 36.7 Å². The summed E-state index contributed by atoms with van der Waals surface area (Å²) in [4.78, 5) is 33.3. The highest BCUT2D eigenvalue weighted by Crippen LogP contribution is 2.43. The molecule has 40 heavy (non-hydrogen) atoms. The maximum Gasteiger partial charge on any atom is 0.232 e. The van der Waals surface area contributed by atoms with Crippen LogP contribution in [0.3, 0.4) is 0 Å². The topological polar surface area (TPSA) is 183 Å². The zero-order valence-electron chi connectivity index (χ0n) is 21.1. The lowest BCUT2D eigenvalue weighted by Gasteiger charge is -2.25. The number of carbonyl (C=O) groups is 2. The van der Waals surface area contributed by atoms with Gasteiger partial charge in [-0.2, -0.15) is 10.5 Å². The second kappa shape index (κ2) is 12.5. The molecule has 0 saturated heterocycles. The first-order chi connectivity index (χ1) is 19.5. The largest absolute Gasteiger partial charge is 0.300 e. The van der Waals surface area contributed by atoms with Crippen LogP contribution in [0.15, 0.2) is 36.7 Å². The molecule has 4 aromatic rings. The van der Waals surface area contributed by atoms with Gasteiger partial charge in [0.05, 0.1) is 35.4 Å². The highest BCUT2D eigenvalue weighted by molar-refractivity contribution is 7.15. The number of anilines is 2. The van der Waals surface area contributed by atoms with Gasteiger partial charge in [0.15, 0.2) is 0 Å². The standard InChI is InChI=1S/C26H22N10O2S2/c27-13-17-6-2-8-29-19(17)11-21(37)31-25-35-33-23(39-25)15-4-1-5-16(10-15)24-34-36-26(40-24)32-22(38)12-20-18(14-28)7-3-9-30-20/h2-3,6-9,15-16H,1,4-5,10-12H2,(H,31,35,37)(H,32,36,38)/t15-,16-/m0/s1. The number of carbonyl (C=O) groups excluding carboxylic acids is 2. The van der Waals surface area contributed by atoms with Gasteiger partial charge >= 0.3 is 0 Å². The molecule has 0 aromatic carbocycles. The van der Waals surface area contributed by atoms with Gasteiger partial charge in [0.2, 0.25) is 22.1 Å². The Bertz CT molecular complexity index is 1500. The molecular weight excluding hydrogens is 548 g/mol. The molecule has 1 aliphatic rings. The Kier molecular flexibility index (Phi) is 8.39. The number of nitrogens with zero attached hydrogens (tertiary/aromatic N) is 8. The Balaban J connectivity index is 1.17. The van der Waals surface area contributed by atoms with E-state index in [0.717, 1.165) is 35.7 Å². The van der Waals surface area contributed by atoms with E-state index in [9.17, 15) is 20.1 Å². The third-order valence-electron chi connectivity index (χ3n) is 6.42. The summed E-state index contributed by atoms with van der Waals surface area (Å²) >= 11 is 2.69. The summed E-state index contributed by atoms with van der Waals surface area (Å²) in [6, 6.07) is 10.6. The van der Waals surface area contributed by atoms with Gasteiger partial charge < -0.3 is 10.6 Å². The van der Waals surface area contributed by atoms with Gasteiger partial charge in [-0.05, 0) is 43.5 Å². The Morgan fingerprint density at radius 2 is 1.27 bits per heavy atom. The number of hydrogen-bond donors (Lipinski definition) is 2. The quantitative estimate of drug-likeness (QED) is 0.316. The Labute approximate surface area is 237 Å². The lowest BCUT2D eigenvalue weighted by molar-refractivity contribution is -0.116. The van der Waals surface area contributed by atoms with Crippen molar-refractivity contribution in [3.8, 4) is 12.1 Å². The molecule has 1 aliphatic carbocycles. The van der Waals surface area contributed by atoms with E-state index in [0.29, 0.717) is 32.8 Å². The molecule has 0 aliphatic heterocycles. The van der Waals surface area contributed by atoms with Crippen LogP contribution >= 0.6 is 22.7 Å². The average Bonchev–Trinajstić information content (AvgIpc) is 3.63. The first-order valence-corrected chi connectivity index (χ1v) is 14.1. The van der Waals surface area contributed by atoms with Crippen LogP contribution in [-0.2, 0) is 22.4 Å². The van der Waals surface area contributed by atoms with Crippen LogP contribution in [-0.4, -0.2) is 42.2 Å². The molecule has 2 atom stereocenters. The van der Waals surface area contributed by atoms with Crippen LogP contribution in [0.5, 0.6) is 0 Å². The van der Waals surface area contributed by atoms with Crippen molar-refractivity contribution in [2.45, 2.75) is 50.4 Å². The molecule has 200 valence electrons. The maximum atomic E-state index is 12.5. The van der Waals surface area contributed by atoms with Crippen molar-refractivity contribution < 1.29 is 9.59 Å². The molecule has 2 amide bonds. The van der Waals surface area contributed by atoms with E-state index < -0.39 is 0 Å². The molecule has 5 rings (SSSR count). The molecule has 2 N–H and O–H groups in total. The minimum atomic E-state index is -0.310. The van der Waals surface area contributed by atoms with Crippen LogP contribution < -0.4 is 10.6 Å². The molecule has 0 radical (unpaired) electrons. The van der Waals surface area contributed by atoms with Crippen LogP contribution in [0, 0.1) is 22.7 Å². The fourth-order valence-electron chi connectivity index (χ4n) is 4.53. The molecule has 14 heteroatoms. The Morgan fingerprint density at radius 1 is 0.800 bits per heavy atom. The van der Waals surface area contributed by atoms with Crippen molar-refractivity contribution in [1.82, 2.24) is 30.4 Å². The van der Waals surface area contributed by atoms with Crippen molar-refractivity contribution >= 4 is 44.8 Å². The fraction of sp³-hybridized carbons (Fsp3) is 0.308. The number of aromatic nitrogens is 6. The van der Waals surface area contributed by atoms with E-state index >= 15 is 0 Å². The molecular formula is C26H22N10O2S2. The second-order valence-electron chi connectivity index (χ2n) is 9.12. The maximum absolute atomic E-state index is 12.5. The Hall–Kier alpha value is -4.66. The van der Waals surface area contributed by atoms with E-state index in [-0.39, 0.29) is 36.5 Å². The van der Waals surface area contributed by atoms with Gasteiger partial charge in [-0.25, -0.2) is 0 Å². The molecule has 4 heterocycles. The number of hydrogen-bond acceptors (Lipinski definition) is 12. The molecule has 4 aromatic heterocycles. The van der Waals surface area contributed by atoms with Gasteiger partial charge in [-0.1, -0.05) is 29.1 Å². The van der Waals surface area contributed by atoms with E-state index in [2.05, 4.69) is 41.0 Å². The van der Waals surface area contributed by atoms with E-state index in [1.807, 2.05) is 12.1 Å². The second-order valence-corrected chi connectivity index (χ2v) is 11.1. The number of pyridine rings is 2. The monoisotopic (exact) mass is 570 g/mol. The molecule has 0 bridgehead atoms. The van der Waals surface area contributed by atoms with Gasteiger partial charge in [0.1, 0.15) is 22.2 Å². The number of rotatable bonds is 8. The lowest BCUT2D eigenvalue weighted by Crippen LogP contribution is -2.15. The SMILES string of the molecule is N#Cc1cccnc1CC(=O)Nc1nnc([C@H]2CCC[C@H](c3nnc(NC(=O)Cc4ncccc4C#N)s3)C2)s1. The highest BCUT2D eigenvalue weighted by atomic mass is 32.1. The number of amides is 2. The predicted molar refractivity (Wildman–Crippen MR) is 146 cm³/mol. The van der Waals surface area contributed by atoms with Crippen LogP contribution in [0.25, 0.3) is 0 Å². The summed E-state index contributed by atoms with van der Waals surface area (Å²) in [6.45, 7) is 0. The van der Waals surface area contributed by atoms with Crippen LogP contribution in [0.1, 0.15) is 70.0 Å². The summed E-state index contributed by atoms with van der Waals surface area (Å²) in [6.07, 6.45) is 6.74. The van der Waals surface area contributed by atoms with Gasteiger partial charge in [0, 0.05) is 24.2 Å². The normalized spacial score (nSPS) is 16.4.